The smallest absolute Gasteiger partial charge is 0.329 e. The van der Waals surface area contributed by atoms with Gasteiger partial charge in [0.05, 0.1) is 24.1 Å². The van der Waals surface area contributed by atoms with Crippen molar-refractivity contribution in [2.75, 3.05) is 7.11 Å². The van der Waals surface area contributed by atoms with Crippen LogP contribution in [0.15, 0.2) is 70.3 Å². The van der Waals surface area contributed by atoms with Crippen molar-refractivity contribution < 1.29 is 9.53 Å². The average Bonchev–Trinajstić information content (AvgIpc) is 3.75. The summed E-state index contributed by atoms with van der Waals surface area (Å²) in [4.78, 5) is 46.4. The number of aromatic amines is 1. The molecule has 0 spiro atoms. The molecule has 2 aromatic carbocycles. The Kier molecular flexibility index (Phi) is 6.41. The molecule has 2 aromatic heterocycles. The molecular weight excluding hydrogens is 456 g/mol. The van der Waals surface area contributed by atoms with Crippen molar-refractivity contribution in [3.8, 4) is 5.75 Å². The lowest BCUT2D eigenvalue weighted by Crippen LogP contribution is -2.34. The highest BCUT2D eigenvalue weighted by Gasteiger charge is 2.29. The van der Waals surface area contributed by atoms with E-state index in [-0.39, 0.29) is 22.5 Å². The zero-order valence-electron chi connectivity index (χ0n) is 20.3. The molecule has 0 aliphatic heterocycles. The zero-order valence-corrected chi connectivity index (χ0v) is 20.3. The van der Waals surface area contributed by atoms with Crippen LogP contribution in [0.3, 0.4) is 0 Å². The van der Waals surface area contributed by atoms with Gasteiger partial charge in [0.15, 0.2) is 5.65 Å². The number of carbonyl (C=O) groups is 1. The van der Waals surface area contributed by atoms with Crippen molar-refractivity contribution in [3.05, 3.63) is 104 Å². The van der Waals surface area contributed by atoms with Gasteiger partial charge in [-0.1, -0.05) is 49.4 Å². The molecule has 0 radical (unpaired) electrons. The number of H-pyrrole nitrogens is 1. The van der Waals surface area contributed by atoms with Gasteiger partial charge in [-0.25, -0.2) is 9.78 Å². The lowest BCUT2D eigenvalue weighted by Gasteiger charge is -2.21. The maximum atomic E-state index is 13.8. The number of aromatic nitrogens is 3. The van der Waals surface area contributed by atoms with Crippen molar-refractivity contribution in [2.45, 2.75) is 44.7 Å². The summed E-state index contributed by atoms with van der Waals surface area (Å²) in [5.74, 6) is 0.546. The van der Waals surface area contributed by atoms with E-state index in [0.717, 1.165) is 29.7 Å². The molecule has 184 valence electrons. The highest BCUT2D eigenvalue weighted by atomic mass is 16.5. The van der Waals surface area contributed by atoms with E-state index in [2.05, 4.69) is 15.3 Å². The first-order valence-corrected chi connectivity index (χ1v) is 12.2. The zero-order chi connectivity index (χ0) is 25.2. The number of carbonyl (C=O) groups excluding carboxylic acids is 1. The Morgan fingerprint density at radius 2 is 1.81 bits per heavy atom. The number of benzene rings is 2. The highest BCUT2D eigenvalue weighted by molar-refractivity contribution is 6.05. The molecule has 1 aliphatic carbocycles. The van der Waals surface area contributed by atoms with Crippen LogP contribution in [0.25, 0.3) is 11.0 Å². The second kappa shape index (κ2) is 9.81. The summed E-state index contributed by atoms with van der Waals surface area (Å²) < 4.78 is 6.74. The number of ether oxygens (including phenoxy) is 1. The quantitative estimate of drug-likeness (QED) is 0.395. The predicted molar refractivity (Wildman–Crippen MR) is 138 cm³/mol. The Bertz CT molecular complexity index is 1520. The minimum absolute atomic E-state index is 0.131. The molecule has 2 N–H and O–H groups in total. The first-order chi connectivity index (χ1) is 17.5. The molecule has 8 heteroatoms. The standard InChI is InChI=1S/C28H28N4O4/c1-3-15-32-25-23(27(34)31-28(32)35)21(16-22(29-25)17-9-10-17)26(33)30-24(18-7-5-4-6-8-18)19-11-13-20(36-2)14-12-19/h4-8,11-14,16-17,24H,3,9-10,15H2,1-2H3,(H,30,33)(H,31,34,35). The molecule has 1 aliphatic rings. The molecule has 1 saturated carbocycles. The Labute approximate surface area is 208 Å². The number of hydrogen-bond acceptors (Lipinski definition) is 5. The monoisotopic (exact) mass is 484 g/mol. The summed E-state index contributed by atoms with van der Waals surface area (Å²) in [6, 6.07) is 18.4. The maximum absolute atomic E-state index is 13.8. The minimum atomic E-state index is -0.608. The van der Waals surface area contributed by atoms with Gasteiger partial charge in [0.25, 0.3) is 11.5 Å². The molecule has 8 nitrogen and oxygen atoms in total. The van der Waals surface area contributed by atoms with Crippen LogP contribution in [0, 0.1) is 0 Å². The van der Waals surface area contributed by atoms with E-state index in [1.807, 2.05) is 61.5 Å². The van der Waals surface area contributed by atoms with E-state index in [4.69, 9.17) is 4.74 Å². The van der Waals surface area contributed by atoms with Gasteiger partial charge in [-0.3, -0.25) is 19.1 Å². The normalized spacial score (nSPS) is 13.9. The molecule has 0 bridgehead atoms. The molecular formula is C28H28N4O4. The van der Waals surface area contributed by atoms with Crippen molar-refractivity contribution in [2.24, 2.45) is 0 Å². The van der Waals surface area contributed by atoms with Crippen LogP contribution in [0.4, 0.5) is 0 Å². The lowest BCUT2D eigenvalue weighted by molar-refractivity contribution is 0.0944. The van der Waals surface area contributed by atoms with Crippen LogP contribution in [-0.2, 0) is 6.54 Å². The van der Waals surface area contributed by atoms with Crippen molar-refractivity contribution >= 4 is 16.9 Å². The summed E-state index contributed by atoms with van der Waals surface area (Å²) in [5, 5.41) is 3.26. The predicted octanol–water partition coefficient (Wildman–Crippen LogP) is 3.90. The fourth-order valence-electron chi connectivity index (χ4n) is 4.50. The van der Waals surface area contributed by atoms with E-state index in [1.54, 1.807) is 13.2 Å². The van der Waals surface area contributed by atoms with E-state index in [1.165, 1.54) is 4.57 Å². The molecule has 36 heavy (non-hydrogen) atoms. The topological polar surface area (TPSA) is 106 Å². The van der Waals surface area contributed by atoms with E-state index in [9.17, 15) is 14.4 Å². The second-order valence-electron chi connectivity index (χ2n) is 9.07. The molecule has 5 rings (SSSR count). The third-order valence-electron chi connectivity index (χ3n) is 6.51. The number of fused-ring (bicyclic) bond motifs is 1. The number of nitrogens with one attached hydrogen (secondary N) is 2. The number of aryl methyl sites for hydroxylation is 1. The van der Waals surface area contributed by atoms with Crippen LogP contribution in [-0.4, -0.2) is 27.6 Å². The Balaban J connectivity index is 1.64. The van der Waals surface area contributed by atoms with Crippen LogP contribution < -0.4 is 21.3 Å². The van der Waals surface area contributed by atoms with Gasteiger partial charge in [-0.15, -0.1) is 0 Å². The summed E-state index contributed by atoms with van der Waals surface area (Å²) >= 11 is 0. The fraction of sp³-hybridized carbons (Fsp3) is 0.286. The number of methoxy groups -OCH3 is 1. The number of amides is 1. The first-order valence-electron chi connectivity index (χ1n) is 12.2. The average molecular weight is 485 g/mol. The second-order valence-corrected chi connectivity index (χ2v) is 9.07. The Morgan fingerprint density at radius 1 is 1.11 bits per heavy atom. The van der Waals surface area contributed by atoms with E-state index in [0.29, 0.717) is 18.7 Å². The lowest BCUT2D eigenvalue weighted by atomic mass is 9.97. The summed E-state index contributed by atoms with van der Waals surface area (Å²) in [6.07, 6.45) is 2.63. The molecule has 1 unspecified atom stereocenters. The van der Waals surface area contributed by atoms with Crippen molar-refractivity contribution in [3.63, 3.8) is 0 Å². The molecule has 1 fully saturated rings. The first kappa shape index (κ1) is 23.5. The van der Waals surface area contributed by atoms with Gasteiger partial charge in [0.1, 0.15) is 5.75 Å². The number of rotatable bonds is 8. The third-order valence-corrected chi connectivity index (χ3v) is 6.51. The Hall–Kier alpha value is -4.20. The SMILES string of the molecule is CCCn1c(=O)[nH]c(=O)c2c(C(=O)NC(c3ccccc3)c3ccc(OC)cc3)cc(C3CC3)nc21. The van der Waals surface area contributed by atoms with Crippen LogP contribution in [0.5, 0.6) is 5.75 Å². The van der Waals surface area contributed by atoms with Gasteiger partial charge in [-0.05, 0) is 48.6 Å². The molecule has 0 saturated heterocycles. The summed E-state index contributed by atoms with van der Waals surface area (Å²) in [6.45, 7) is 2.34. The number of hydrogen-bond donors (Lipinski definition) is 2. The molecule has 1 amide bonds. The van der Waals surface area contributed by atoms with Gasteiger partial charge < -0.3 is 10.1 Å². The van der Waals surface area contributed by atoms with Gasteiger partial charge in [-0.2, -0.15) is 0 Å². The Morgan fingerprint density at radius 3 is 2.44 bits per heavy atom. The third kappa shape index (κ3) is 4.54. The van der Waals surface area contributed by atoms with Crippen molar-refractivity contribution in [1.29, 1.82) is 0 Å². The number of pyridine rings is 1. The fourth-order valence-corrected chi connectivity index (χ4v) is 4.50. The van der Waals surface area contributed by atoms with E-state index >= 15 is 0 Å². The van der Waals surface area contributed by atoms with Gasteiger partial charge >= 0.3 is 5.69 Å². The van der Waals surface area contributed by atoms with Crippen LogP contribution in [0.2, 0.25) is 0 Å². The van der Waals surface area contributed by atoms with Gasteiger partial charge in [0, 0.05) is 18.2 Å². The molecule has 2 heterocycles. The number of nitrogens with zero attached hydrogens (tertiary/aromatic N) is 2. The largest absolute Gasteiger partial charge is 0.497 e. The maximum Gasteiger partial charge on any atom is 0.329 e. The van der Waals surface area contributed by atoms with Gasteiger partial charge in [0.2, 0.25) is 0 Å². The molecule has 4 aromatic rings. The molecule has 1 atom stereocenters. The minimum Gasteiger partial charge on any atom is -0.497 e. The summed E-state index contributed by atoms with van der Waals surface area (Å²) in [5.41, 5.74) is 1.87. The summed E-state index contributed by atoms with van der Waals surface area (Å²) in [7, 11) is 1.60. The highest BCUT2D eigenvalue weighted by Crippen LogP contribution is 2.40. The van der Waals surface area contributed by atoms with Crippen LogP contribution >= 0.6 is 0 Å². The van der Waals surface area contributed by atoms with Crippen LogP contribution in [0.1, 0.15) is 65.3 Å². The van der Waals surface area contributed by atoms with Crippen molar-refractivity contribution in [1.82, 2.24) is 19.9 Å². The van der Waals surface area contributed by atoms with E-state index < -0.39 is 23.2 Å².